The summed E-state index contributed by atoms with van der Waals surface area (Å²) in [6.07, 6.45) is 21.9. The molecule has 0 bridgehead atoms. The summed E-state index contributed by atoms with van der Waals surface area (Å²) in [7, 11) is 0. The summed E-state index contributed by atoms with van der Waals surface area (Å²) < 4.78 is 7.15. The molecule has 4 aliphatic rings. The van der Waals surface area contributed by atoms with Gasteiger partial charge in [0.25, 0.3) is 0 Å². The minimum atomic E-state index is 0.0806. The number of nitrogens with zero attached hydrogens (tertiary/aromatic N) is 3. The molecule has 1 aromatic heterocycles. The van der Waals surface area contributed by atoms with Gasteiger partial charge in [0, 0.05) is 34.4 Å². The number of aromatic nitrogens is 3. The summed E-state index contributed by atoms with van der Waals surface area (Å²) in [5.41, 5.74) is 10.4. The van der Waals surface area contributed by atoms with Crippen LogP contribution in [0.4, 0.5) is 0 Å². The number of hydrogen-bond donors (Lipinski definition) is 0. The summed E-state index contributed by atoms with van der Waals surface area (Å²) in [4.78, 5) is 16.1. The topological polar surface area (TPSA) is 47.9 Å². The van der Waals surface area contributed by atoms with Crippen molar-refractivity contribution in [3.63, 3.8) is 0 Å². The van der Waals surface area contributed by atoms with E-state index >= 15 is 0 Å². The molecule has 0 spiro atoms. The molecule has 0 amide bonds. The molecule has 4 nitrogen and oxygen atoms in total. The molecule has 5 aromatic carbocycles. The van der Waals surface area contributed by atoms with Gasteiger partial charge in [-0.15, -0.1) is 0 Å². The first-order valence-corrected chi connectivity index (χ1v) is 22.4. The second kappa shape index (κ2) is 16.9. The van der Waals surface area contributed by atoms with Gasteiger partial charge in [0.2, 0.25) is 0 Å². The maximum atomic E-state index is 7.15. The monoisotopic (exact) mass is 773 g/mol. The van der Waals surface area contributed by atoms with Gasteiger partial charge >= 0.3 is 0 Å². The van der Waals surface area contributed by atoms with Crippen molar-refractivity contribution in [3.05, 3.63) is 166 Å². The lowest BCUT2D eigenvalue weighted by atomic mass is 9.67. The molecule has 0 radical (unpaired) electrons. The Morgan fingerprint density at radius 1 is 0.610 bits per heavy atom. The Hall–Kier alpha value is -5.61. The van der Waals surface area contributed by atoms with E-state index in [1.54, 1.807) is 11.1 Å². The average Bonchev–Trinajstić information content (AvgIpc) is 3.46. The fraction of sp³-hybridized carbons (Fsp3) is 0.327. The van der Waals surface area contributed by atoms with Gasteiger partial charge in [0.15, 0.2) is 11.6 Å². The Balaban J connectivity index is 1.08. The summed E-state index contributed by atoms with van der Waals surface area (Å²) in [6, 6.07) is 42.1. The van der Waals surface area contributed by atoms with Gasteiger partial charge in [0.05, 0.1) is 0 Å². The van der Waals surface area contributed by atoms with Crippen molar-refractivity contribution in [1.82, 2.24) is 15.0 Å². The van der Waals surface area contributed by atoms with Crippen LogP contribution in [0.5, 0.6) is 5.75 Å². The van der Waals surface area contributed by atoms with E-state index in [-0.39, 0.29) is 12.0 Å². The normalized spacial score (nSPS) is 22.2. The second-order valence-corrected chi connectivity index (χ2v) is 17.5. The van der Waals surface area contributed by atoms with Crippen molar-refractivity contribution < 1.29 is 4.74 Å². The largest absolute Gasteiger partial charge is 0.489 e. The third-order valence-corrected chi connectivity index (χ3v) is 13.8. The van der Waals surface area contributed by atoms with Gasteiger partial charge < -0.3 is 4.74 Å². The molecule has 1 aliphatic heterocycles. The predicted molar refractivity (Wildman–Crippen MR) is 242 cm³/mol. The first kappa shape index (κ1) is 37.6. The average molecular weight is 774 g/mol. The highest BCUT2D eigenvalue weighted by Gasteiger charge is 2.46. The van der Waals surface area contributed by atoms with Crippen LogP contribution in [0, 0.1) is 5.92 Å². The third kappa shape index (κ3) is 7.82. The van der Waals surface area contributed by atoms with Crippen LogP contribution in [0.15, 0.2) is 128 Å². The van der Waals surface area contributed by atoms with Crippen LogP contribution in [-0.4, -0.2) is 21.1 Å². The number of rotatable bonds is 8. The van der Waals surface area contributed by atoms with Gasteiger partial charge in [-0.1, -0.05) is 154 Å². The van der Waals surface area contributed by atoms with E-state index in [9.17, 15) is 0 Å². The maximum absolute atomic E-state index is 7.15. The van der Waals surface area contributed by atoms with E-state index in [1.165, 1.54) is 84.1 Å². The number of aryl methyl sites for hydroxylation is 2. The molecule has 296 valence electrons. The first-order chi connectivity index (χ1) is 29.2. The third-order valence-electron chi connectivity index (χ3n) is 13.8. The predicted octanol–water partition coefficient (Wildman–Crippen LogP) is 12.1. The fourth-order valence-electron chi connectivity index (χ4n) is 10.8. The van der Waals surface area contributed by atoms with Crippen LogP contribution in [0.3, 0.4) is 0 Å². The van der Waals surface area contributed by atoms with Gasteiger partial charge in [-0.25, -0.2) is 15.0 Å². The number of hydrogen-bond acceptors (Lipinski definition) is 4. The molecular formula is C55H55N3O. The van der Waals surface area contributed by atoms with Crippen LogP contribution in [0.25, 0.3) is 46.1 Å². The van der Waals surface area contributed by atoms with Crippen LogP contribution in [0.2, 0.25) is 0 Å². The Morgan fingerprint density at radius 2 is 1.36 bits per heavy atom. The van der Waals surface area contributed by atoms with Crippen LogP contribution < -0.4 is 15.2 Å². The highest BCUT2D eigenvalue weighted by Crippen LogP contribution is 2.55. The molecule has 4 heteroatoms. The molecule has 0 N–H and O–H groups in total. The lowest BCUT2D eigenvalue weighted by Crippen LogP contribution is -2.36. The Bertz CT molecular complexity index is 2590. The molecule has 4 atom stereocenters. The minimum absolute atomic E-state index is 0.0806. The SMILES string of the molecule is C=C/C=c1/cccc/c1=C/CC1CC(c2ccc3c(c2)CCCC3)CC2c3c(cccc3-c3nc(-c4cccc(-c5ccccc5)c4)nc(C4CCCCCC4)n3)OC12. The highest BCUT2D eigenvalue weighted by atomic mass is 16.5. The summed E-state index contributed by atoms with van der Waals surface area (Å²) in [5.74, 6) is 4.85. The Labute approximate surface area is 349 Å². The number of benzene rings is 5. The van der Waals surface area contributed by atoms with E-state index < -0.39 is 0 Å². The molecule has 4 unspecified atom stereocenters. The van der Waals surface area contributed by atoms with E-state index in [0.29, 0.717) is 17.8 Å². The highest BCUT2D eigenvalue weighted by molar-refractivity contribution is 5.72. The number of allylic oxidation sites excluding steroid dienone is 1. The molecule has 10 rings (SSSR count). The molecule has 3 aliphatic carbocycles. The lowest BCUT2D eigenvalue weighted by molar-refractivity contribution is 0.0921. The number of fused-ring (bicyclic) bond motifs is 4. The van der Waals surface area contributed by atoms with Gasteiger partial charge in [-0.3, -0.25) is 0 Å². The minimum Gasteiger partial charge on any atom is -0.489 e. The molecule has 6 aromatic rings. The van der Waals surface area contributed by atoms with E-state index in [2.05, 4.69) is 134 Å². The molecule has 59 heavy (non-hydrogen) atoms. The maximum Gasteiger partial charge on any atom is 0.164 e. The molecular weight excluding hydrogens is 719 g/mol. The lowest BCUT2D eigenvalue weighted by Gasteiger charge is -2.38. The standard InChI is InChI=1S/C55H55N3O/c1-2-16-37-19-10-11-20-39(37)30-32-45-35-47(44-31-29-40-21-12-13-24-42(40)33-44)36-49-51-48(27-15-28-50(51)59-52(45)49)55-57-53(41-22-6-3-4-7-23-41)56-54(58-55)46-26-14-25-43(34-46)38-17-8-5-9-18-38/h2,5,8-11,14-20,25-31,33-34,41,45,47,49,52H,1,3-4,6-7,12-13,21-24,32,35-36H2/b37-16-,39-30-. The van der Waals surface area contributed by atoms with Crippen molar-refractivity contribution in [2.45, 2.75) is 107 Å². The van der Waals surface area contributed by atoms with Crippen molar-refractivity contribution in [2.75, 3.05) is 0 Å². The van der Waals surface area contributed by atoms with E-state index in [0.717, 1.165) is 66.5 Å². The smallest absolute Gasteiger partial charge is 0.164 e. The summed E-state index contributed by atoms with van der Waals surface area (Å²) >= 11 is 0. The van der Waals surface area contributed by atoms with Crippen LogP contribution in [-0.2, 0) is 12.8 Å². The van der Waals surface area contributed by atoms with Crippen molar-refractivity contribution in [3.8, 4) is 39.7 Å². The van der Waals surface area contributed by atoms with Gasteiger partial charge in [-0.05, 0) is 114 Å². The summed E-state index contributed by atoms with van der Waals surface area (Å²) in [6.45, 7) is 3.99. The first-order valence-electron chi connectivity index (χ1n) is 22.4. The van der Waals surface area contributed by atoms with Crippen LogP contribution >= 0.6 is 0 Å². The molecule has 0 saturated heterocycles. The van der Waals surface area contributed by atoms with Crippen molar-refractivity contribution >= 4 is 12.2 Å². The number of ether oxygens (including phenoxy) is 1. The Morgan fingerprint density at radius 3 is 2.20 bits per heavy atom. The molecule has 2 heterocycles. The zero-order chi connectivity index (χ0) is 39.5. The van der Waals surface area contributed by atoms with Crippen LogP contribution in [0.1, 0.15) is 116 Å². The van der Waals surface area contributed by atoms with E-state index in [1.807, 2.05) is 6.08 Å². The zero-order valence-corrected chi connectivity index (χ0v) is 34.2. The molecule has 2 fully saturated rings. The van der Waals surface area contributed by atoms with E-state index in [4.69, 9.17) is 19.7 Å². The van der Waals surface area contributed by atoms with Crippen molar-refractivity contribution in [1.29, 1.82) is 0 Å². The van der Waals surface area contributed by atoms with Crippen molar-refractivity contribution in [2.24, 2.45) is 5.92 Å². The zero-order valence-electron chi connectivity index (χ0n) is 34.2. The Kier molecular flexibility index (Phi) is 10.8. The second-order valence-electron chi connectivity index (χ2n) is 17.5. The summed E-state index contributed by atoms with van der Waals surface area (Å²) in [5, 5.41) is 2.47. The van der Waals surface area contributed by atoms with Gasteiger partial charge in [-0.2, -0.15) is 0 Å². The molecule has 2 saturated carbocycles. The fourth-order valence-corrected chi connectivity index (χ4v) is 10.8. The van der Waals surface area contributed by atoms with Gasteiger partial charge in [0.1, 0.15) is 17.7 Å². The quantitative estimate of drug-likeness (QED) is 0.145.